The van der Waals surface area contributed by atoms with Crippen LogP contribution in [0.4, 0.5) is 15.8 Å². The van der Waals surface area contributed by atoms with Gasteiger partial charge in [-0.1, -0.05) is 48.5 Å². The van der Waals surface area contributed by atoms with Gasteiger partial charge in [-0.2, -0.15) is 0 Å². The number of benzene rings is 2. The fraction of sp³-hybridized carbons (Fsp3) is 0.471. The molecule has 0 unspecified atom stereocenters. The Morgan fingerprint density at radius 1 is 1.20 bits per heavy atom. The Balaban J connectivity index is 1.32. The van der Waals surface area contributed by atoms with Crippen LogP contribution in [0.2, 0.25) is 0 Å². The number of aromatic nitrogens is 3. The number of aryl methyl sites for hydroxylation is 1. The second-order valence-corrected chi connectivity index (χ2v) is 12.7. The van der Waals surface area contributed by atoms with E-state index in [-0.39, 0.29) is 18.4 Å². The van der Waals surface area contributed by atoms with Crippen LogP contribution in [0.1, 0.15) is 69.4 Å². The Hall–Kier alpha value is -3.89. The normalized spacial score (nSPS) is 26.0. The number of halogens is 1. The quantitative estimate of drug-likeness (QED) is 0.343. The van der Waals surface area contributed by atoms with Gasteiger partial charge in [0.15, 0.2) is 5.60 Å². The smallest absolute Gasteiger partial charge is 0.264 e. The minimum Gasteiger partial charge on any atom is -0.382 e. The lowest BCUT2D eigenvalue weighted by molar-refractivity contribution is -0.146. The highest BCUT2D eigenvalue weighted by atomic mass is 19.1. The van der Waals surface area contributed by atoms with E-state index in [4.69, 9.17) is 4.74 Å². The molecule has 2 aromatic carbocycles. The number of hydrogen-bond acceptors (Lipinski definition) is 6. The monoisotopic (exact) mass is 601 g/mol. The van der Waals surface area contributed by atoms with Crippen LogP contribution in [0.25, 0.3) is 0 Å². The van der Waals surface area contributed by atoms with E-state index in [1.54, 1.807) is 26.8 Å². The van der Waals surface area contributed by atoms with E-state index in [1.807, 2.05) is 55.5 Å². The number of amides is 2. The number of piperidine rings is 1. The lowest BCUT2D eigenvalue weighted by Gasteiger charge is -2.33. The number of nitrogens with zero attached hydrogens (tertiary/aromatic N) is 5. The molecule has 44 heavy (non-hydrogen) atoms. The number of hydrogen-bond donors (Lipinski definition) is 1. The molecule has 0 saturated carbocycles. The summed E-state index contributed by atoms with van der Waals surface area (Å²) in [6.07, 6.45) is 4.47. The average Bonchev–Trinajstić information content (AvgIpc) is 3.67. The molecular formula is C34H40FN5O4. The van der Waals surface area contributed by atoms with Crippen molar-refractivity contribution in [2.24, 2.45) is 11.8 Å². The van der Waals surface area contributed by atoms with Gasteiger partial charge < -0.3 is 19.6 Å². The molecule has 9 nitrogen and oxygen atoms in total. The molecule has 2 fully saturated rings. The molecule has 1 N–H and O–H groups in total. The molecule has 2 amide bonds. The molecule has 5 atom stereocenters. The highest BCUT2D eigenvalue weighted by Gasteiger charge is 2.66. The maximum atomic E-state index is 16.1. The van der Waals surface area contributed by atoms with Gasteiger partial charge in [0.2, 0.25) is 5.91 Å². The molecule has 4 heterocycles. The van der Waals surface area contributed by atoms with Crippen LogP contribution in [0.15, 0.2) is 67.4 Å². The van der Waals surface area contributed by atoms with E-state index in [1.165, 1.54) is 13.8 Å². The predicted octanol–water partition coefficient (Wildman–Crippen LogP) is 5.09. The standard InChI is InChI=1S/C34H40FN5O4/c1-5-17-40-27-15-14-24(39-18-10-9-13-29(39)41)20-25(27)34(32(40)43)22(2)30(33(3,4)35)28(44-34)16-19-38-21-26(36-37-38)31(42)23-11-7-6-8-12-23/h5-8,11-12,14-15,20-22,28,30-31,42H,1,9-10,13,16-19H2,2-4H3/t22-,28+,30-,31-,34+/m1/s1. The Bertz CT molecular complexity index is 1550. The average molecular weight is 602 g/mol. The van der Waals surface area contributed by atoms with Crippen LogP contribution in [-0.4, -0.2) is 56.8 Å². The zero-order valence-corrected chi connectivity index (χ0v) is 25.5. The molecule has 1 spiro atoms. The van der Waals surface area contributed by atoms with Crippen LogP contribution in [0.3, 0.4) is 0 Å². The van der Waals surface area contributed by atoms with Crippen molar-refractivity contribution in [3.63, 3.8) is 0 Å². The Morgan fingerprint density at radius 3 is 2.68 bits per heavy atom. The minimum absolute atomic E-state index is 0.0585. The van der Waals surface area contributed by atoms with E-state index < -0.39 is 35.3 Å². The van der Waals surface area contributed by atoms with Crippen molar-refractivity contribution in [2.45, 2.75) is 76.5 Å². The van der Waals surface area contributed by atoms with Crippen LogP contribution in [-0.2, 0) is 26.5 Å². The number of rotatable bonds is 9. The molecule has 3 aliphatic rings. The number of anilines is 2. The number of carbonyl (C=O) groups is 2. The Morgan fingerprint density at radius 2 is 1.98 bits per heavy atom. The fourth-order valence-corrected chi connectivity index (χ4v) is 7.48. The number of aliphatic hydroxyl groups is 1. The molecule has 1 aromatic heterocycles. The van der Waals surface area contributed by atoms with Crippen molar-refractivity contribution in [3.8, 4) is 0 Å². The van der Waals surface area contributed by atoms with E-state index in [0.717, 1.165) is 18.5 Å². The summed E-state index contributed by atoms with van der Waals surface area (Å²) in [4.78, 5) is 30.6. The summed E-state index contributed by atoms with van der Waals surface area (Å²) in [5.41, 5.74) is 0.140. The molecule has 3 aromatic rings. The van der Waals surface area contributed by atoms with Crippen molar-refractivity contribution in [3.05, 3.63) is 84.2 Å². The second kappa shape index (κ2) is 11.6. The summed E-state index contributed by atoms with van der Waals surface area (Å²) in [6, 6.07) is 14.9. The minimum atomic E-state index is -1.66. The lowest BCUT2D eigenvalue weighted by Crippen LogP contribution is -2.45. The zero-order chi connectivity index (χ0) is 31.2. The van der Waals surface area contributed by atoms with E-state index in [2.05, 4.69) is 16.9 Å². The van der Waals surface area contributed by atoms with Gasteiger partial charge in [0.1, 0.15) is 17.5 Å². The van der Waals surface area contributed by atoms with Crippen LogP contribution < -0.4 is 9.80 Å². The number of alkyl halides is 1. The van der Waals surface area contributed by atoms with E-state index in [9.17, 15) is 14.7 Å². The van der Waals surface area contributed by atoms with Crippen LogP contribution >= 0.6 is 0 Å². The molecule has 2 saturated heterocycles. The summed E-state index contributed by atoms with van der Waals surface area (Å²) < 4.78 is 24.5. The maximum absolute atomic E-state index is 16.1. The van der Waals surface area contributed by atoms with Gasteiger partial charge in [-0.05, 0) is 56.9 Å². The number of ether oxygens (including phenoxy) is 1. The first-order valence-electron chi connectivity index (χ1n) is 15.4. The van der Waals surface area contributed by atoms with Crippen molar-refractivity contribution in [1.82, 2.24) is 15.0 Å². The number of carbonyl (C=O) groups excluding carboxylic acids is 2. The molecule has 3 aliphatic heterocycles. The lowest BCUT2D eigenvalue weighted by atomic mass is 9.71. The maximum Gasteiger partial charge on any atom is 0.264 e. The van der Waals surface area contributed by atoms with Crippen molar-refractivity contribution >= 4 is 23.2 Å². The SMILES string of the molecule is C=CCN1C(=O)[C@@]2(O[C@@H](CCn3cc([C@H](O)c4ccccc4)nn3)[C@H](C(C)(C)F)[C@H]2C)c2cc(N3CCCCC3=O)ccc21. The molecular weight excluding hydrogens is 561 g/mol. The van der Waals surface area contributed by atoms with Gasteiger partial charge in [0, 0.05) is 49.1 Å². The van der Waals surface area contributed by atoms with Gasteiger partial charge in [-0.15, -0.1) is 11.7 Å². The summed E-state index contributed by atoms with van der Waals surface area (Å²) in [5.74, 6) is -1.30. The largest absolute Gasteiger partial charge is 0.382 e. The van der Waals surface area contributed by atoms with E-state index >= 15 is 4.39 Å². The topological polar surface area (TPSA) is 101 Å². The molecule has 0 bridgehead atoms. The highest BCUT2D eigenvalue weighted by molar-refractivity contribution is 6.08. The predicted molar refractivity (Wildman–Crippen MR) is 165 cm³/mol. The summed E-state index contributed by atoms with van der Waals surface area (Å²) in [6.45, 7) is 10.1. The molecule has 6 rings (SSSR count). The molecule has 0 radical (unpaired) electrons. The summed E-state index contributed by atoms with van der Waals surface area (Å²) in [7, 11) is 0. The molecule has 0 aliphatic carbocycles. The number of fused-ring (bicyclic) bond motifs is 2. The van der Waals surface area contributed by atoms with Gasteiger partial charge >= 0.3 is 0 Å². The zero-order valence-electron chi connectivity index (χ0n) is 25.5. The first kappa shape index (κ1) is 30.1. The van der Waals surface area contributed by atoms with Gasteiger partial charge in [0.05, 0.1) is 18.0 Å². The summed E-state index contributed by atoms with van der Waals surface area (Å²) >= 11 is 0. The van der Waals surface area contributed by atoms with E-state index in [0.29, 0.717) is 48.4 Å². The summed E-state index contributed by atoms with van der Waals surface area (Å²) in [5, 5.41) is 19.1. The first-order valence-corrected chi connectivity index (χ1v) is 15.4. The number of aliphatic hydroxyl groups excluding tert-OH is 1. The van der Waals surface area contributed by atoms with Crippen LogP contribution in [0, 0.1) is 11.8 Å². The Kier molecular flexibility index (Phi) is 7.92. The Labute approximate surface area is 257 Å². The third kappa shape index (κ3) is 5.03. The molecule has 232 valence electrons. The van der Waals surface area contributed by atoms with Gasteiger partial charge in [-0.3, -0.25) is 14.3 Å². The van der Waals surface area contributed by atoms with Gasteiger partial charge in [0.25, 0.3) is 5.91 Å². The molecule has 10 heteroatoms. The third-order valence-electron chi connectivity index (χ3n) is 9.49. The van der Waals surface area contributed by atoms with Crippen LogP contribution in [0.5, 0.6) is 0 Å². The second-order valence-electron chi connectivity index (χ2n) is 12.7. The van der Waals surface area contributed by atoms with Crippen molar-refractivity contribution in [1.29, 1.82) is 0 Å². The van der Waals surface area contributed by atoms with Crippen molar-refractivity contribution < 1.29 is 23.8 Å². The third-order valence-corrected chi connectivity index (χ3v) is 9.49. The van der Waals surface area contributed by atoms with Crippen molar-refractivity contribution in [2.75, 3.05) is 22.9 Å². The van der Waals surface area contributed by atoms with Gasteiger partial charge in [-0.25, -0.2) is 4.39 Å². The fourth-order valence-electron chi connectivity index (χ4n) is 7.48. The highest BCUT2D eigenvalue weighted by Crippen LogP contribution is 2.58. The first-order chi connectivity index (χ1) is 21.1.